The van der Waals surface area contributed by atoms with Gasteiger partial charge >= 0.3 is 11.9 Å². The molecule has 0 unspecified atom stereocenters. The van der Waals surface area contributed by atoms with Crippen LogP contribution in [0.3, 0.4) is 0 Å². The molecule has 7 nitrogen and oxygen atoms in total. The number of phenols is 1. The number of carboxylic acid groups (broad SMARTS) is 2. The number of hydrogen-bond donors (Lipinski definition) is 3. The Morgan fingerprint density at radius 3 is 1.94 bits per heavy atom. The highest BCUT2D eigenvalue weighted by molar-refractivity contribution is 5.73. The third-order valence-electron chi connectivity index (χ3n) is 6.12. The minimum absolute atomic E-state index is 0.00479. The van der Waals surface area contributed by atoms with Gasteiger partial charge in [-0.3, -0.25) is 14.5 Å². The van der Waals surface area contributed by atoms with Crippen LogP contribution in [-0.4, -0.2) is 45.2 Å². The topological polar surface area (TPSA) is 102 Å². The van der Waals surface area contributed by atoms with Crippen LogP contribution in [0.2, 0.25) is 0 Å². The number of aryl methyl sites for hydroxylation is 1. The van der Waals surface area contributed by atoms with Crippen molar-refractivity contribution in [3.05, 3.63) is 59.4 Å². The fourth-order valence-electron chi connectivity index (χ4n) is 4.15. The SMILES string of the molecule is CCCCCCCCCCC[n+]1ccc(/C=C/c2ccc(O)c(CN(CC(=O)O)CC(=O)O)c2)cc1. The molecule has 0 aliphatic heterocycles. The molecule has 1 heterocycles. The van der Waals surface area contributed by atoms with Gasteiger partial charge in [0.2, 0.25) is 0 Å². The zero-order valence-electron chi connectivity index (χ0n) is 21.4. The number of hydrogen-bond acceptors (Lipinski definition) is 4. The summed E-state index contributed by atoms with van der Waals surface area (Å²) in [6.07, 6.45) is 19.9. The van der Waals surface area contributed by atoms with E-state index in [0.717, 1.165) is 17.7 Å². The molecule has 1 aromatic heterocycles. The van der Waals surface area contributed by atoms with E-state index in [9.17, 15) is 14.7 Å². The van der Waals surface area contributed by atoms with E-state index in [1.807, 2.05) is 12.2 Å². The molecule has 0 radical (unpaired) electrons. The van der Waals surface area contributed by atoms with Crippen LogP contribution in [0.25, 0.3) is 12.2 Å². The van der Waals surface area contributed by atoms with Gasteiger partial charge in [0.1, 0.15) is 12.3 Å². The molecule has 0 amide bonds. The number of pyridine rings is 1. The van der Waals surface area contributed by atoms with E-state index in [1.54, 1.807) is 18.2 Å². The van der Waals surface area contributed by atoms with Crippen molar-refractivity contribution in [2.75, 3.05) is 13.1 Å². The normalized spacial score (nSPS) is 11.4. The molecule has 2 rings (SSSR count). The van der Waals surface area contributed by atoms with Gasteiger partial charge in [0.25, 0.3) is 0 Å². The second-order valence-electron chi connectivity index (χ2n) is 9.35. The summed E-state index contributed by atoms with van der Waals surface area (Å²) >= 11 is 0. The third-order valence-corrected chi connectivity index (χ3v) is 6.12. The number of aliphatic carboxylic acids is 2. The summed E-state index contributed by atoms with van der Waals surface area (Å²) < 4.78 is 2.21. The van der Waals surface area contributed by atoms with Gasteiger partial charge in [-0.25, -0.2) is 4.57 Å². The van der Waals surface area contributed by atoms with E-state index in [1.165, 1.54) is 62.7 Å². The first-order valence-electron chi connectivity index (χ1n) is 13.0. The number of phenolic OH excluding ortho intramolecular Hbond substituents is 1. The van der Waals surface area contributed by atoms with Crippen molar-refractivity contribution < 1.29 is 29.5 Å². The number of aromatic nitrogens is 1. The van der Waals surface area contributed by atoms with Crippen molar-refractivity contribution in [1.82, 2.24) is 4.90 Å². The number of rotatable bonds is 18. The molecule has 0 fully saturated rings. The second kappa shape index (κ2) is 16.5. The number of carboxylic acids is 2. The highest BCUT2D eigenvalue weighted by Gasteiger charge is 2.16. The summed E-state index contributed by atoms with van der Waals surface area (Å²) in [6.45, 7) is 2.45. The van der Waals surface area contributed by atoms with Gasteiger partial charge < -0.3 is 15.3 Å². The lowest BCUT2D eigenvalue weighted by Crippen LogP contribution is -2.34. The Morgan fingerprint density at radius 1 is 0.806 bits per heavy atom. The van der Waals surface area contributed by atoms with Crippen molar-refractivity contribution >= 4 is 24.1 Å². The van der Waals surface area contributed by atoms with E-state index < -0.39 is 25.0 Å². The number of benzene rings is 1. The Bertz CT molecular complexity index is 956. The number of nitrogens with zero attached hydrogens (tertiary/aromatic N) is 2. The molecule has 36 heavy (non-hydrogen) atoms. The lowest BCUT2D eigenvalue weighted by atomic mass is 10.1. The smallest absolute Gasteiger partial charge is 0.317 e. The largest absolute Gasteiger partial charge is 0.508 e. The Labute approximate surface area is 214 Å². The maximum absolute atomic E-state index is 11.0. The molecule has 0 aliphatic rings. The Kier molecular flexibility index (Phi) is 13.3. The van der Waals surface area contributed by atoms with Crippen LogP contribution in [0.15, 0.2) is 42.7 Å². The molecule has 0 saturated heterocycles. The third kappa shape index (κ3) is 12.0. The summed E-state index contributed by atoms with van der Waals surface area (Å²) in [5.41, 5.74) is 2.36. The minimum Gasteiger partial charge on any atom is -0.508 e. The molecule has 7 heteroatoms. The lowest BCUT2D eigenvalue weighted by molar-refractivity contribution is -0.697. The molecule has 1 aromatic carbocycles. The van der Waals surface area contributed by atoms with Crippen molar-refractivity contribution in [1.29, 1.82) is 0 Å². The quantitative estimate of drug-likeness (QED) is 0.189. The highest BCUT2D eigenvalue weighted by atomic mass is 16.4. The van der Waals surface area contributed by atoms with Crippen LogP contribution in [-0.2, 0) is 22.7 Å². The summed E-state index contributed by atoms with van der Waals surface area (Å²) in [5.74, 6) is -2.23. The Hall–Kier alpha value is -3.19. The van der Waals surface area contributed by atoms with Gasteiger partial charge in [-0.1, -0.05) is 70.1 Å². The van der Waals surface area contributed by atoms with Gasteiger partial charge in [0.05, 0.1) is 13.1 Å². The van der Waals surface area contributed by atoms with Crippen LogP contribution in [0, 0.1) is 0 Å². The van der Waals surface area contributed by atoms with Crippen LogP contribution in [0.4, 0.5) is 0 Å². The van der Waals surface area contributed by atoms with Gasteiger partial charge in [-0.2, -0.15) is 0 Å². The summed E-state index contributed by atoms with van der Waals surface area (Å²) in [4.78, 5) is 23.4. The molecule has 2 aromatic rings. The monoisotopic (exact) mass is 497 g/mol. The second-order valence-corrected chi connectivity index (χ2v) is 9.35. The zero-order chi connectivity index (χ0) is 26.2. The van der Waals surface area contributed by atoms with Crippen molar-refractivity contribution in [3.63, 3.8) is 0 Å². The van der Waals surface area contributed by atoms with Gasteiger partial charge in [0, 0.05) is 30.7 Å². The van der Waals surface area contributed by atoms with Crippen molar-refractivity contribution in [2.24, 2.45) is 0 Å². The first kappa shape index (κ1) is 29.0. The molecular weight excluding hydrogens is 456 g/mol. The molecule has 0 aliphatic carbocycles. The Balaban J connectivity index is 1.84. The predicted molar refractivity (Wildman–Crippen MR) is 141 cm³/mol. The van der Waals surface area contributed by atoms with Crippen LogP contribution >= 0.6 is 0 Å². The summed E-state index contributed by atoms with van der Waals surface area (Å²) in [6, 6.07) is 9.18. The lowest BCUT2D eigenvalue weighted by Gasteiger charge is -2.18. The van der Waals surface area contributed by atoms with E-state index in [4.69, 9.17) is 10.2 Å². The first-order valence-corrected chi connectivity index (χ1v) is 13.0. The first-order chi connectivity index (χ1) is 17.4. The highest BCUT2D eigenvalue weighted by Crippen LogP contribution is 2.22. The number of carbonyl (C=O) groups is 2. The predicted octanol–water partition coefficient (Wildman–Crippen LogP) is 5.35. The average Bonchev–Trinajstić information content (AvgIpc) is 2.83. The van der Waals surface area contributed by atoms with Gasteiger partial charge in [-0.05, 0) is 29.7 Å². The van der Waals surface area contributed by atoms with Crippen LogP contribution in [0.1, 0.15) is 81.4 Å². The zero-order valence-corrected chi connectivity index (χ0v) is 21.4. The van der Waals surface area contributed by atoms with Crippen LogP contribution < -0.4 is 4.57 Å². The van der Waals surface area contributed by atoms with E-state index in [-0.39, 0.29) is 12.3 Å². The Morgan fingerprint density at radius 2 is 1.36 bits per heavy atom. The van der Waals surface area contributed by atoms with Crippen molar-refractivity contribution in [2.45, 2.75) is 77.8 Å². The molecule has 0 bridgehead atoms. The molecule has 3 N–H and O–H groups in total. The standard InChI is InChI=1S/C29H40N2O5/c1-2-3-4-5-6-7-8-9-10-17-30-18-15-24(16-19-30)11-12-25-13-14-27(32)26(20-25)21-31(22-28(33)34)23-29(35)36/h11-16,18-20H,2-10,17,21-23H2,1H3,(H2,33,34,35,36)/p+1. The van der Waals surface area contributed by atoms with Crippen molar-refractivity contribution in [3.8, 4) is 5.75 Å². The van der Waals surface area contributed by atoms with Gasteiger partial charge in [-0.15, -0.1) is 0 Å². The maximum Gasteiger partial charge on any atom is 0.317 e. The molecule has 0 atom stereocenters. The van der Waals surface area contributed by atoms with E-state index in [2.05, 4.69) is 36.0 Å². The fourth-order valence-corrected chi connectivity index (χ4v) is 4.15. The summed E-state index contributed by atoms with van der Waals surface area (Å²) in [7, 11) is 0. The average molecular weight is 498 g/mol. The fraction of sp³-hybridized carbons (Fsp3) is 0.483. The molecule has 0 spiro atoms. The molecular formula is C29H41N2O5+. The molecule has 0 saturated carbocycles. The maximum atomic E-state index is 11.0. The number of unbranched alkanes of at least 4 members (excludes halogenated alkanes) is 8. The molecule has 196 valence electrons. The summed E-state index contributed by atoms with van der Waals surface area (Å²) in [5, 5.41) is 28.2. The number of aromatic hydroxyl groups is 1. The van der Waals surface area contributed by atoms with Crippen LogP contribution in [0.5, 0.6) is 5.75 Å². The van der Waals surface area contributed by atoms with E-state index in [0.29, 0.717) is 5.56 Å². The van der Waals surface area contributed by atoms with E-state index >= 15 is 0 Å². The van der Waals surface area contributed by atoms with Gasteiger partial charge in [0.15, 0.2) is 12.4 Å². The minimum atomic E-state index is -1.12.